The van der Waals surface area contributed by atoms with Crippen molar-refractivity contribution in [3.8, 4) is 0 Å². The predicted octanol–water partition coefficient (Wildman–Crippen LogP) is 1.85. The van der Waals surface area contributed by atoms with E-state index >= 15 is 0 Å². The van der Waals surface area contributed by atoms with E-state index in [0.717, 1.165) is 12.1 Å². The van der Waals surface area contributed by atoms with Crippen LogP contribution in [0.15, 0.2) is 17.5 Å². The largest absolute Gasteiger partial charge is 0.272 e. The fraction of sp³-hybridized carbons (Fsp3) is 0.417. The number of hydrogen-bond acceptors (Lipinski definition) is 4. The Labute approximate surface area is 105 Å². The molecule has 0 fully saturated rings. The molecule has 2 aromatic heterocycles. The van der Waals surface area contributed by atoms with Crippen molar-refractivity contribution in [2.24, 2.45) is 12.9 Å². The molecule has 1 atom stereocenters. The monoisotopic (exact) mass is 250 g/mol. The molecule has 0 saturated carbocycles. The first-order valence-electron chi connectivity index (χ1n) is 5.62. The summed E-state index contributed by atoms with van der Waals surface area (Å²) in [6.07, 6.45) is 0.904. The van der Waals surface area contributed by atoms with Gasteiger partial charge in [0.2, 0.25) is 0 Å². The molecule has 0 aliphatic carbocycles. The highest BCUT2D eigenvalue weighted by atomic mass is 32.1. The van der Waals surface area contributed by atoms with Gasteiger partial charge in [0, 0.05) is 29.6 Å². The Morgan fingerprint density at radius 2 is 2.29 bits per heavy atom. The van der Waals surface area contributed by atoms with Crippen LogP contribution in [0, 0.1) is 13.8 Å². The number of hydrazine groups is 1. The highest BCUT2D eigenvalue weighted by Crippen LogP contribution is 2.25. The molecule has 0 spiro atoms. The zero-order valence-electron chi connectivity index (χ0n) is 10.4. The fourth-order valence-electron chi connectivity index (χ4n) is 2.17. The Bertz CT molecular complexity index is 487. The number of rotatable bonds is 4. The number of aryl methyl sites for hydroxylation is 2. The van der Waals surface area contributed by atoms with Gasteiger partial charge in [0.25, 0.3) is 0 Å². The van der Waals surface area contributed by atoms with Crippen LogP contribution in [0.1, 0.15) is 27.9 Å². The average Bonchev–Trinajstić information content (AvgIpc) is 2.87. The van der Waals surface area contributed by atoms with Gasteiger partial charge in [-0.2, -0.15) is 5.10 Å². The molecule has 1 unspecified atom stereocenters. The van der Waals surface area contributed by atoms with Gasteiger partial charge in [0.15, 0.2) is 0 Å². The first-order valence-corrected chi connectivity index (χ1v) is 6.50. The van der Waals surface area contributed by atoms with Gasteiger partial charge in [-0.25, -0.2) is 0 Å². The number of nitrogens with two attached hydrogens (primary N) is 1. The summed E-state index contributed by atoms with van der Waals surface area (Å²) >= 11 is 1.76. The molecule has 0 bridgehead atoms. The van der Waals surface area contributed by atoms with Crippen LogP contribution in [0.25, 0.3) is 0 Å². The van der Waals surface area contributed by atoms with Crippen LogP contribution in [-0.4, -0.2) is 9.78 Å². The molecule has 0 aliphatic rings. The molecule has 4 nitrogen and oxygen atoms in total. The highest BCUT2D eigenvalue weighted by Gasteiger charge is 2.19. The molecular formula is C12H18N4S. The second-order valence-electron chi connectivity index (χ2n) is 4.21. The molecule has 17 heavy (non-hydrogen) atoms. The van der Waals surface area contributed by atoms with E-state index < -0.39 is 0 Å². The Morgan fingerprint density at radius 1 is 1.53 bits per heavy atom. The van der Waals surface area contributed by atoms with Gasteiger partial charge in [-0.3, -0.25) is 16.0 Å². The first-order chi connectivity index (χ1) is 8.13. The van der Waals surface area contributed by atoms with Crippen molar-refractivity contribution in [2.75, 3.05) is 0 Å². The molecule has 0 aromatic carbocycles. The molecule has 3 N–H and O–H groups in total. The summed E-state index contributed by atoms with van der Waals surface area (Å²) in [6.45, 7) is 4.11. The van der Waals surface area contributed by atoms with Gasteiger partial charge >= 0.3 is 0 Å². The number of aromatic nitrogens is 2. The third kappa shape index (κ3) is 2.41. The lowest BCUT2D eigenvalue weighted by molar-refractivity contribution is 0.549. The van der Waals surface area contributed by atoms with E-state index in [9.17, 15) is 0 Å². The standard InChI is InChI=1S/C12H18N4S/c1-8-12(9(2)16(3)15-8)11(14-13)7-10-5-4-6-17-10/h4-6,11,14H,7,13H2,1-3H3. The summed E-state index contributed by atoms with van der Waals surface area (Å²) in [5.41, 5.74) is 6.33. The maximum Gasteiger partial charge on any atom is 0.0644 e. The van der Waals surface area contributed by atoms with E-state index in [1.807, 2.05) is 18.7 Å². The maximum absolute atomic E-state index is 5.69. The summed E-state index contributed by atoms with van der Waals surface area (Å²) in [6, 6.07) is 4.33. The van der Waals surface area contributed by atoms with Gasteiger partial charge in [0.05, 0.1) is 11.7 Å². The minimum absolute atomic E-state index is 0.127. The van der Waals surface area contributed by atoms with Crippen LogP contribution in [0.5, 0.6) is 0 Å². The van der Waals surface area contributed by atoms with E-state index in [1.54, 1.807) is 11.3 Å². The van der Waals surface area contributed by atoms with E-state index in [4.69, 9.17) is 5.84 Å². The van der Waals surface area contributed by atoms with Crippen LogP contribution in [0.4, 0.5) is 0 Å². The second kappa shape index (κ2) is 5.00. The molecule has 2 heterocycles. The van der Waals surface area contributed by atoms with E-state index in [1.165, 1.54) is 16.1 Å². The van der Waals surface area contributed by atoms with E-state index in [0.29, 0.717) is 0 Å². The Kier molecular flexibility index (Phi) is 3.61. The fourth-order valence-corrected chi connectivity index (χ4v) is 2.92. The van der Waals surface area contributed by atoms with E-state index in [2.05, 4.69) is 35.0 Å². The maximum atomic E-state index is 5.69. The summed E-state index contributed by atoms with van der Waals surface area (Å²) < 4.78 is 1.91. The minimum Gasteiger partial charge on any atom is -0.272 e. The van der Waals surface area contributed by atoms with Gasteiger partial charge in [0.1, 0.15) is 0 Å². The zero-order valence-corrected chi connectivity index (χ0v) is 11.2. The molecule has 5 heteroatoms. The van der Waals surface area contributed by atoms with Crippen LogP contribution >= 0.6 is 11.3 Å². The van der Waals surface area contributed by atoms with Crippen molar-refractivity contribution in [2.45, 2.75) is 26.3 Å². The van der Waals surface area contributed by atoms with Gasteiger partial charge < -0.3 is 0 Å². The molecular weight excluding hydrogens is 232 g/mol. The third-order valence-electron chi connectivity index (χ3n) is 3.10. The van der Waals surface area contributed by atoms with Crippen LogP contribution in [-0.2, 0) is 13.5 Å². The highest BCUT2D eigenvalue weighted by molar-refractivity contribution is 7.09. The number of nitrogens with zero attached hydrogens (tertiary/aromatic N) is 2. The quantitative estimate of drug-likeness (QED) is 0.643. The number of nitrogens with one attached hydrogen (secondary N) is 1. The lowest BCUT2D eigenvalue weighted by atomic mass is 10.0. The number of hydrogen-bond donors (Lipinski definition) is 2. The SMILES string of the molecule is Cc1nn(C)c(C)c1C(Cc1cccs1)NN. The van der Waals surface area contributed by atoms with Crippen molar-refractivity contribution < 1.29 is 0 Å². The number of thiophene rings is 1. The lowest BCUT2D eigenvalue weighted by Crippen LogP contribution is -2.30. The van der Waals surface area contributed by atoms with Crippen molar-refractivity contribution in [3.05, 3.63) is 39.3 Å². The Balaban J connectivity index is 2.29. The second-order valence-corrected chi connectivity index (χ2v) is 5.24. The summed E-state index contributed by atoms with van der Waals surface area (Å²) in [5.74, 6) is 5.69. The summed E-state index contributed by atoms with van der Waals surface area (Å²) in [7, 11) is 1.96. The lowest BCUT2D eigenvalue weighted by Gasteiger charge is -2.15. The van der Waals surface area contributed by atoms with Gasteiger partial charge in [-0.05, 0) is 25.3 Å². The molecule has 0 radical (unpaired) electrons. The van der Waals surface area contributed by atoms with Crippen molar-refractivity contribution in [1.29, 1.82) is 0 Å². The molecule has 0 amide bonds. The van der Waals surface area contributed by atoms with E-state index in [-0.39, 0.29) is 6.04 Å². The molecule has 0 saturated heterocycles. The topological polar surface area (TPSA) is 55.9 Å². The third-order valence-corrected chi connectivity index (χ3v) is 4.00. The first kappa shape index (κ1) is 12.3. The average molecular weight is 250 g/mol. The van der Waals surface area contributed by atoms with Gasteiger partial charge in [-0.1, -0.05) is 6.07 Å². The van der Waals surface area contributed by atoms with Gasteiger partial charge in [-0.15, -0.1) is 11.3 Å². The van der Waals surface area contributed by atoms with Crippen molar-refractivity contribution in [1.82, 2.24) is 15.2 Å². The van der Waals surface area contributed by atoms with Crippen LogP contribution < -0.4 is 11.3 Å². The van der Waals surface area contributed by atoms with Crippen molar-refractivity contribution >= 4 is 11.3 Å². The van der Waals surface area contributed by atoms with Crippen molar-refractivity contribution in [3.63, 3.8) is 0 Å². The molecule has 2 aromatic rings. The molecule has 2 rings (SSSR count). The van der Waals surface area contributed by atoms with Crippen LogP contribution in [0.2, 0.25) is 0 Å². The minimum atomic E-state index is 0.127. The Morgan fingerprint density at radius 3 is 2.76 bits per heavy atom. The smallest absolute Gasteiger partial charge is 0.0644 e. The summed E-state index contributed by atoms with van der Waals surface area (Å²) in [4.78, 5) is 1.33. The molecule has 92 valence electrons. The molecule has 0 aliphatic heterocycles. The normalized spacial score (nSPS) is 12.9. The Hall–Kier alpha value is -1.17. The predicted molar refractivity (Wildman–Crippen MR) is 70.8 cm³/mol. The zero-order chi connectivity index (χ0) is 12.4. The van der Waals surface area contributed by atoms with Crippen LogP contribution in [0.3, 0.4) is 0 Å². The summed E-state index contributed by atoms with van der Waals surface area (Å²) in [5, 5.41) is 6.52.